The summed E-state index contributed by atoms with van der Waals surface area (Å²) in [4.78, 5) is 0. The van der Waals surface area contributed by atoms with Crippen LogP contribution in [0.2, 0.25) is 0 Å². The topological polar surface area (TPSA) is 339 Å². The molecule has 3 aliphatic heterocycles. The maximum absolute atomic E-state index is 12.6. The molecule has 0 bridgehead atoms. The average Bonchev–Trinajstić information content (AvgIpc) is 3.92. The van der Waals surface area contributed by atoms with Gasteiger partial charge in [0.25, 0.3) is 0 Å². The van der Waals surface area contributed by atoms with E-state index in [-0.39, 0.29) is 45.3 Å². The van der Waals surface area contributed by atoms with Crippen LogP contribution >= 0.6 is 0 Å². The van der Waals surface area contributed by atoms with E-state index in [1.807, 2.05) is 0 Å². The molecule has 0 aromatic carbocycles. The van der Waals surface area contributed by atoms with Crippen LogP contribution in [0.15, 0.2) is 0 Å². The maximum Gasteiger partial charge on any atom is 0.187 e. The lowest BCUT2D eigenvalue weighted by Crippen LogP contribution is -2.67. The lowest BCUT2D eigenvalue weighted by atomic mass is 9.41. The normalized spacial score (nSPS) is 54.2. The minimum Gasteiger partial charge on any atom is -0.394 e. The zero-order chi connectivity index (χ0) is 50.0. The Bertz CT molecular complexity index is 1750. The van der Waals surface area contributed by atoms with Gasteiger partial charge in [0.05, 0.1) is 49.8 Å². The zero-order valence-corrected chi connectivity index (χ0v) is 40.5. The Kier molecular flexibility index (Phi) is 14.8. The Morgan fingerprint density at radius 1 is 0.603 bits per heavy atom. The summed E-state index contributed by atoms with van der Waals surface area (Å²) in [6.45, 7) is 11.8. The summed E-state index contributed by atoms with van der Waals surface area (Å²) in [6.07, 6.45) is -22.2. The Morgan fingerprint density at radius 3 is 1.75 bits per heavy atom. The smallest absolute Gasteiger partial charge is 0.187 e. The third kappa shape index (κ3) is 8.18. The zero-order valence-electron chi connectivity index (χ0n) is 40.5. The fourth-order valence-corrected chi connectivity index (χ4v) is 16.0. The van der Waals surface area contributed by atoms with Crippen molar-refractivity contribution in [3.05, 3.63) is 0 Å². The molecule has 5 aliphatic carbocycles. The van der Waals surface area contributed by atoms with Crippen LogP contribution in [0.3, 0.4) is 0 Å². The molecule has 0 aromatic heterocycles. The van der Waals surface area contributed by atoms with Crippen molar-refractivity contribution >= 4 is 0 Å². The van der Waals surface area contributed by atoms with Crippen molar-refractivity contribution in [2.75, 3.05) is 19.8 Å². The largest absolute Gasteiger partial charge is 0.394 e. The van der Waals surface area contributed by atoms with Gasteiger partial charge >= 0.3 is 0 Å². The highest BCUT2D eigenvalue weighted by molar-refractivity contribution is 5.33. The molecule has 0 radical (unpaired) electrons. The first-order chi connectivity index (χ1) is 31.7. The third-order valence-corrected chi connectivity index (χ3v) is 19.8. The summed E-state index contributed by atoms with van der Waals surface area (Å²) < 4.78 is 36.1. The molecule has 5 saturated carbocycles. The van der Waals surface area contributed by atoms with Crippen molar-refractivity contribution in [3.63, 3.8) is 0 Å². The summed E-state index contributed by atoms with van der Waals surface area (Å²) in [5.74, 6) is 0.136. The second-order valence-electron chi connectivity index (χ2n) is 23.9. The van der Waals surface area contributed by atoms with Crippen LogP contribution < -0.4 is 0 Å². The summed E-state index contributed by atoms with van der Waals surface area (Å²) >= 11 is 0. The van der Waals surface area contributed by atoms with Crippen LogP contribution in [-0.4, -0.2) is 213 Å². The number of rotatable bonds is 14. The maximum atomic E-state index is 12.6. The Hall–Kier alpha value is -0.800. The van der Waals surface area contributed by atoms with Gasteiger partial charge in [0.2, 0.25) is 0 Å². The molecule has 8 fully saturated rings. The van der Waals surface area contributed by atoms with E-state index >= 15 is 0 Å². The molecule has 0 amide bonds. The first-order valence-electron chi connectivity index (χ1n) is 25.0. The van der Waals surface area contributed by atoms with Gasteiger partial charge < -0.3 is 99.9 Å². The lowest BCUT2D eigenvalue weighted by Gasteiger charge is -2.64. The molecule has 8 rings (SSSR count). The second-order valence-corrected chi connectivity index (χ2v) is 23.9. The molecule has 8 aliphatic rings. The standard InChI is InChI=1S/C48H82O20/c1-20(8-11-27(53)44(4,5)62)30-21(52)14-45(6)26-10-9-25-43(2,3)29(12-13-47(25)19-48(26,47)28(54)15-46(30,45)7)66-42-39(35(59)32(56)23(17-50)65-42)68-41-37(61)38(33(57)24(18-51)64-41)67-40-36(60)34(58)31(55)22(16-49)63-40/h20-42,49-62H,8-19H2,1-7H3/t20-,21+,22-,23-,24-,25+,26+,27+,28-,29+,30-,31-,32-,33-,34+,35+,36-,37-,38+,39-,40-,41-,42-,45+,46-,47+,48-/m1/s1. The Labute approximate surface area is 398 Å². The molecule has 20 nitrogen and oxygen atoms in total. The highest BCUT2D eigenvalue weighted by atomic mass is 16.8. The highest BCUT2D eigenvalue weighted by Crippen LogP contribution is 2.89. The van der Waals surface area contributed by atoms with E-state index in [9.17, 15) is 71.5 Å². The molecule has 14 N–H and O–H groups in total. The van der Waals surface area contributed by atoms with Crippen molar-refractivity contribution < 1.29 is 99.9 Å². The van der Waals surface area contributed by atoms with E-state index in [0.29, 0.717) is 38.5 Å². The van der Waals surface area contributed by atoms with Gasteiger partial charge in [-0.3, -0.25) is 0 Å². The van der Waals surface area contributed by atoms with E-state index in [1.54, 1.807) is 13.8 Å². The summed E-state index contributed by atoms with van der Waals surface area (Å²) in [6, 6.07) is 0. The lowest BCUT2D eigenvalue weighted by molar-refractivity contribution is -0.391. The van der Waals surface area contributed by atoms with E-state index in [0.717, 1.165) is 19.3 Å². The van der Waals surface area contributed by atoms with Crippen molar-refractivity contribution in [2.45, 2.75) is 228 Å². The number of aliphatic hydroxyl groups excluding tert-OH is 13. The Morgan fingerprint density at radius 2 is 1.15 bits per heavy atom. The highest BCUT2D eigenvalue weighted by Gasteiger charge is 2.85. The van der Waals surface area contributed by atoms with Crippen molar-refractivity contribution in [3.8, 4) is 0 Å². The quantitative estimate of drug-likeness (QED) is 0.0818. The molecule has 27 atom stereocenters. The number of hydrogen-bond acceptors (Lipinski definition) is 20. The van der Waals surface area contributed by atoms with E-state index in [1.165, 1.54) is 0 Å². The Balaban J connectivity index is 1.00. The van der Waals surface area contributed by atoms with Gasteiger partial charge in [0, 0.05) is 5.41 Å². The molecule has 0 aromatic rings. The summed E-state index contributed by atoms with van der Waals surface area (Å²) in [7, 11) is 0. The first kappa shape index (κ1) is 53.5. The number of aliphatic hydroxyl groups is 14. The van der Waals surface area contributed by atoms with Crippen LogP contribution in [0.4, 0.5) is 0 Å². The van der Waals surface area contributed by atoms with Crippen molar-refractivity contribution in [1.29, 1.82) is 0 Å². The van der Waals surface area contributed by atoms with Crippen molar-refractivity contribution in [1.82, 2.24) is 0 Å². The molecule has 3 saturated heterocycles. The van der Waals surface area contributed by atoms with Gasteiger partial charge in [-0.05, 0) is 117 Å². The van der Waals surface area contributed by atoms with Crippen LogP contribution in [-0.2, 0) is 28.4 Å². The minimum atomic E-state index is -1.95. The second kappa shape index (κ2) is 18.8. The molecule has 3 heterocycles. The summed E-state index contributed by atoms with van der Waals surface area (Å²) in [5, 5.41) is 152. The molecule has 20 heteroatoms. The van der Waals surface area contributed by atoms with E-state index < -0.39 is 147 Å². The van der Waals surface area contributed by atoms with Gasteiger partial charge in [-0.2, -0.15) is 0 Å². The van der Waals surface area contributed by atoms with Gasteiger partial charge in [-0.15, -0.1) is 0 Å². The molecule has 0 unspecified atom stereocenters. The predicted octanol–water partition coefficient (Wildman–Crippen LogP) is -2.25. The fourth-order valence-electron chi connectivity index (χ4n) is 16.0. The minimum absolute atomic E-state index is 0.0351. The van der Waals surface area contributed by atoms with Crippen LogP contribution in [0, 0.1) is 50.7 Å². The van der Waals surface area contributed by atoms with Gasteiger partial charge in [0.1, 0.15) is 73.2 Å². The third-order valence-electron chi connectivity index (χ3n) is 19.8. The molecular weight excluding hydrogens is 897 g/mol. The molecule has 68 heavy (non-hydrogen) atoms. The van der Waals surface area contributed by atoms with Gasteiger partial charge in [-0.1, -0.05) is 34.6 Å². The van der Waals surface area contributed by atoms with Gasteiger partial charge in [0.15, 0.2) is 18.9 Å². The molecule has 394 valence electrons. The van der Waals surface area contributed by atoms with Crippen LogP contribution in [0.5, 0.6) is 0 Å². The first-order valence-corrected chi connectivity index (χ1v) is 25.0. The van der Waals surface area contributed by atoms with E-state index in [4.69, 9.17) is 28.4 Å². The van der Waals surface area contributed by atoms with Crippen molar-refractivity contribution in [2.24, 2.45) is 50.7 Å². The number of hydrogen-bond donors (Lipinski definition) is 14. The fraction of sp³-hybridized carbons (Fsp3) is 1.00. The molecular formula is C48H82O20. The van der Waals surface area contributed by atoms with Crippen LogP contribution in [0.1, 0.15) is 106 Å². The predicted molar refractivity (Wildman–Crippen MR) is 234 cm³/mol. The average molecular weight is 979 g/mol. The molecule has 2 spiro atoms. The SMILES string of the molecule is C[C@H](CC[C@H](O)C(C)(C)O)[C@@H]1[C@@H](O)C[C@@]2(C)[C@@H]3CC[C@H]4C(C)(C)[C@@H](O[C@H]5O[C@H](CO)[C@@H](O)[C@H](O)[C@H]5O[C@H]5O[C@H](CO)[C@@H](O)[C@H](O[C@H]6O[C@H](CO)[C@@H](O)[C@H](O)[C@H]6O)[C@H]5O)CC[C@]45C[C@]35[C@H](O)C[C@]12C. The van der Waals surface area contributed by atoms with Crippen LogP contribution in [0.25, 0.3) is 0 Å². The van der Waals surface area contributed by atoms with E-state index in [2.05, 4.69) is 34.6 Å². The monoisotopic (exact) mass is 979 g/mol. The summed E-state index contributed by atoms with van der Waals surface area (Å²) in [5.41, 5.74) is -3.08. The number of fused-ring (bicyclic) bond motifs is 2. The number of ether oxygens (including phenoxy) is 6. The van der Waals surface area contributed by atoms with Gasteiger partial charge in [-0.25, -0.2) is 0 Å².